The molecule has 0 saturated heterocycles. The lowest BCUT2D eigenvalue weighted by Gasteiger charge is -2.21. The second-order valence-corrected chi connectivity index (χ2v) is 3.97. The van der Waals surface area contributed by atoms with Gasteiger partial charge in [0.15, 0.2) is 0 Å². The Morgan fingerprint density at radius 3 is 2.56 bits per heavy atom. The molecule has 0 radical (unpaired) electrons. The summed E-state index contributed by atoms with van der Waals surface area (Å²) in [6, 6.07) is -0.215. The van der Waals surface area contributed by atoms with E-state index in [2.05, 4.69) is 10.1 Å². The molecule has 0 aliphatic heterocycles. The van der Waals surface area contributed by atoms with Gasteiger partial charge in [-0.3, -0.25) is 4.79 Å². The first-order valence-corrected chi connectivity index (χ1v) is 5.69. The quantitative estimate of drug-likeness (QED) is 0.543. The molecule has 1 saturated carbocycles. The third kappa shape index (κ3) is 5.37. The second kappa shape index (κ2) is 6.67. The zero-order valence-corrected chi connectivity index (χ0v) is 9.92. The van der Waals surface area contributed by atoms with Crippen LogP contribution in [0, 0.1) is 0 Å². The molecule has 4 N–H and O–H groups in total. The smallest absolute Gasteiger partial charge is 0.404 e. The number of aliphatic carboxylic acids is 1. The summed E-state index contributed by atoms with van der Waals surface area (Å²) in [5, 5.41) is 11.1. The van der Waals surface area contributed by atoms with Crippen LogP contribution < -0.4 is 11.1 Å². The molecule has 0 spiro atoms. The number of amides is 3. The molecule has 0 bridgehead atoms. The molecule has 0 heterocycles. The van der Waals surface area contributed by atoms with E-state index in [9.17, 15) is 14.4 Å². The van der Waals surface area contributed by atoms with E-state index < -0.39 is 12.1 Å². The van der Waals surface area contributed by atoms with Crippen molar-refractivity contribution in [1.29, 1.82) is 0 Å². The van der Waals surface area contributed by atoms with Crippen molar-refractivity contribution in [2.24, 2.45) is 5.73 Å². The average molecular weight is 259 g/mol. The topological polar surface area (TPSA) is 122 Å². The van der Waals surface area contributed by atoms with Gasteiger partial charge in [-0.15, -0.1) is 0 Å². The maximum Gasteiger partial charge on any atom is 0.404 e. The van der Waals surface area contributed by atoms with Crippen LogP contribution in [0.2, 0.25) is 0 Å². The molecule has 0 atom stereocenters. The Hall–Kier alpha value is -1.99. The van der Waals surface area contributed by atoms with Gasteiger partial charge in [0.05, 0.1) is 13.0 Å². The number of carbonyl (C=O) groups excluding carboxylic acids is 2. The highest BCUT2D eigenvalue weighted by Crippen LogP contribution is 2.26. The number of carboxylic acids is 1. The van der Waals surface area contributed by atoms with Crippen LogP contribution in [0.3, 0.4) is 0 Å². The summed E-state index contributed by atoms with van der Waals surface area (Å²) in [7, 11) is 0. The van der Waals surface area contributed by atoms with Gasteiger partial charge in [0.25, 0.3) is 0 Å². The molecule has 1 aliphatic carbocycles. The number of nitrogens with zero attached hydrogens (tertiary/aromatic N) is 1. The summed E-state index contributed by atoms with van der Waals surface area (Å²) in [6.07, 6.45) is 0.811. The van der Waals surface area contributed by atoms with Crippen molar-refractivity contribution in [3.63, 3.8) is 0 Å². The van der Waals surface area contributed by atoms with Gasteiger partial charge in [-0.05, 0) is 12.8 Å². The van der Waals surface area contributed by atoms with E-state index >= 15 is 0 Å². The highest BCUT2D eigenvalue weighted by atomic mass is 16.5. The Bertz CT molecular complexity index is 329. The third-order valence-corrected chi connectivity index (χ3v) is 2.44. The van der Waals surface area contributed by atoms with Crippen LogP contribution in [0.25, 0.3) is 0 Å². The molecule has 1 rings (SSSR count). The first-order valence-electron chi connectivity index (χ1n) is 5.69. The van der Waals surface area contributed by atoms with Gasteiger partial charge < -0.3 is 25.8 Å². The Kier molecular flexibility index (Phi) is 5.22. The number of carbonyl (C=O) groups is 3. The first kappa shape index (κ1) is 14.1. The number of rotatable bonds is 7. The van der Waals surface area contributed by atoms with Crippen molar-refractivity contribution >= 4 is 18.1 Å². The van der Waals surface area contributed by atoms with E-state index in [-0.39, 0.29) is 38.2 Å². The minimum atomic E-state index is -0.939. The van der Waals surface area contributed by atoms with Crippen LogP contribution in [0.15, 0.2) is 0 Å². The number of urea groups is 1. The van der Waals surface area contributed by atoms with Crippen molar-refractivity contribution in [2.45, 2.75) is 25.3 Å². The fourth-order valence-corrected chi connectivity index (χ4v) is 1.46. The van der Waals surface area contributed by atoms with Crippen molar-refractivity contribution < 1.29 is 24.2 Å². The number of carboxylic acid groups (broad SMARTS) is 1. The molecule has 1 fully saturated rings. The third-order valence-electron chi connectivity index (χ3n) is 2.44. The predicted octanol–water partition coefficient (Wildman–Crippen LogP) is -0.270. The number of hydrogen-bond acceptors (Lipinski definition) is 4. The number of primary amides is 1. The standard InChI is InChI=1S/C10H17N3O5/c11-9(16)18-6-4-12-10(17)13(7-1-2-7)5-3-8(14)15/h7H,1-6H2,(H2,11,16)(H,12,17)(H,14,15). The molecule has 8 heteroatoms. The van der Waals surface area contributed by atoms with Gasteiger partial charge in [-0.25, -0.2) is 9.59 Å². The Morgan fingerprint density at radius 1 is 1.39 bits per heavy atom. The Labute approximate surface area is 104 Å². The summed E-state index contributed by atoms with van der Waals surface area (Å²) in [5.41, 5.74) is 4.76. The summed E-state index contributed by atoms with van der Waals surface area (Å²) in [6.45, 7) is 0.332. The van der Waals surface area contributed by atoms with Gasteiger partial charge in [0.1, 0.15) is 6.61 Å². The highest BCUT2D eigenvalue weighted by Gasteiger charge is 2.32. The molecule has 0 aromatic carbocycles. The molecular formula is C10H17N3O5. The van der Waals surface area contributed by atoms with Crippen LogP contribution in [0.5, 0.6) is 0 Å². The van der Waals surface area contributed by atoms with Gasteiger partial charge in [-0.1, -0.05) is 0 Å². The largest absolute Gasteiger partial charge is 0.481 e. The van der Waals surface area contributed by atoms with Gasteiger partial charge in [0.2, 0.25) is 0 Å². The number of ether oxygens (including phenoxy) is 1. The monoisotopic (exact) mass is 259 g/mol. The van der Waals surface area contributed by atoms with Crippen molar-refractivity contribution in [3.8, 4) is 0 Å². The van der Waals surface area contributed by atoms with E-state index in [1.165, 1.54) is 4.90 Å². The number of nitrogens with one attached hydrogen (secondary N) is 1. The fraction of sp³-hybridized carbons (Fsp3) is 0.700. The van der Waals surface area contributed by atoms with Gasteiger partial charge in [0, 0.05) is 12.6 Å². The van der Waals surface area contributed by atoms with E-state index in [1.54, 1.807) is 0 Å². The molecule has 18 heavy (non-hydrogen) atoms. The lowest BCUT2D eigenvalue weighted by Crippen LogP contribution is -2.43. The molecule has 1 aliphatic rings. The summed E-state index contributed by atoms with van der Waals surface area (Å²) < 4.78 is 4.46. The van der Waals surface area contributed by atoms with Crippen molar-refractivity contribution in [2.75, 3.05) is 19.7 Å². The van der Waals surface area contributed by atoms with Crippen LogP contribution in [-0.4, -0.2) is 53.8 Å². The number of nitrogens with two attached hydrogens (primary N) is 1. The second-order valence-electron chi connectivity index (χ2n) is 3.97. The van der Waals surface area contributed by atoms with Crippen LogP contribution >= 0.6 is 0 Å². The van der Waals surface area contributed by atoms with Crippen LogP contribution in [0.4, 0.5) is 9.59 Å². The predicted molar refractivity (Wildman–Crippen MR) is 60.9 cm³/mol. The van der Waals surface area contributed by atoms with E-state index in [1.807, 2.05) is 0 Å². The lowest BCUT2D eigenvalue weighted by molar-refractivity contribution is -0.137. The van der Waals surface area contributed by atoms with E-state index in [0.29, 0.717) is 0 Å². The maximum absolute atomic E-state index is 11.7. The zero-order chi connectivity index (χ0) is 13.5. The van der Waals surface area contributed by atoms with Crippen LogP contribution in [0.1, 0.15) is 19.3 Å². The minimum Gasteiger partial charge on any atom is -0.481 e. The summed E-state index contributed by atoms with van der Waals surface area (Å²) in [5.74, 6) is -0.939. The number of hydrogen-bond donors (Lipinski definition) is 3. The molecule has 0 aromatic heterocycles. The van der Waals surface area contributed by atoms with E-state index in [0.717, 1.165) is 12.8 Å². The molecule has 0 aromatic rings. The minimum absolute atomic E-state index is 0.00148. The van der Waals surface area contributed by atoms with Crippen molar-refractivity contribution in [3.05, 3.63) is 0 Å². The van der Waals surface area contributed by atoms with Gasteiger partial charge in [-0.2, -0.15) is 0 Å². The van der Waals surface area contributed by atoms with Crippen molar-refractivity contribution in [1.82, 2.24) is 10.2 Å². The maximum atomic E-state index is 11.7. The fourth-order valence-electron chi connectivity index (χ4n) is 1.46. The van der Waals surface area contributed by atoms with E-state index in [4.69, 9.17) is 10.8 Å². The zero-order valence-electron chi connectivity index (χ0n) is 9.92. The molecule has 0 unspecified atom stereocenters. The molecule has 8 nitrogen and oxygen atoms in total. The van der Waals surface area contributed by atoms with Crippen LogP contribution in [-0.2, 0) is 9.53 Å². The van der Waals surface area contributed by atoms with Gasteiger partial charge >= 0.3 is 18.1 Å². The molecular weight excluding hydrogens is 242 g/mol. The summed E-state index contributed by atoms with van der Waals surface area (Å²) >= 11 is 0. The summed E-state index contributed by atoms with van der Waals surface area (Å²) in [4.78, 5) is 34.0. The Balaban J connectivity index is 2.26. The highest BCUT2D eigenvalue weighted by molar-refractivity contribution is 5.76. The first-order chi connectivity index (χ1) is 8.50. The molecule has 3 amide bonds. The normalized spacial score (nSPS) is 13.8. The molecule has 102 valence electrons. The lowest BCUT2D eigenvalue weighted by atomic mass is 10.4. The Morgan fingerprint density at radius 2 is 2.06 bits per heavy atom. The SMILES string of the molecule is NC(=O)OCCNC(=O)N(CCC(=O)O)C1CC1. The average Bonchev–Trinajstić information content (AvgIpc) is 3.08.